The Bertz CT molecular complexity index is 911. The molecule has 1 saturated carbocycles. The molecule has 23 heavy (non-hydrogen) atoms. The third-order valence-corrected chi connectivity index (χ3v) is 5.35. The predicted octanol–water partition coefficient (Wildman–Crippen LogP) is 2.15. The molecule has 2 aromatic rings. The number of hydrogen-bond acceptors (Lipinski definition) is 5. The zero-order valence-electron chi connectivity index (χ0n) is 13.4. The van der Waals surface area contributed by atoms with Crippen molar-refractivity contribution in [1.82, 2.24) is 14.5 Å². The molecule has 120 valence electrons. The quantitative estimate of drug-likeness (QED) is 0.787. The lowest BCUT2D eigenvalue weighted by Crippen LogP contribution is -2.33. The molecule has 0 radical (unpaired) electrons. The fourth-order valence-electron chi connectivity index (χ4n) is 3.40. The molecule has 0 aromatic carbocycles. The molecule has 1 fully saturated rings. The molecule has 2 aromatic heterocycles. The Hall–Kier alpha value is -2.07. The molecule has 0 bridgehead atoms. The maximum Gasteiger partial charge on any atom is 0.270 e. The monoisotopic (exact) mass is 330 g/mol. The summed E-state index contributed by atoms with van der Waals surface area (Å²) in [6.07, 6.45) is 5.95. The molecule has 2 atom stereocenters. The molecular weight excluding hydrogens is 312 g/mol. The van der Waals surface area contributed by atoms with Crippen LogP contribution in [-0.4, -0.2) is 25.0 Å². The zero-order chi connectivity index (χ0) is 16.8. The van der Waals surface area contributed by atoms with Crippen LogP contribution in [0.4, 0.5) is 0 Å². The highest BCUT2D eigenvalue weighted by atomic mass is 32.2. The minimum absolute atomic E-state index is 0.0289. The fourth-order valence-corrected chi connectivity index (χ4v) is 3.82. The number of pyridine rings is 1. The van der Waals surface area contributed by atoms with E-state index in [0.717, 1.165) is 19.3 Å². The van der Waals surface area contributed by atoms with E-state index in [2.05, 4.69) is 23.8 Å². The van der Waals surface area contributed by atoms with Crippen molar-refractivity contribution in [2.45, 2.75) is 44.3 Å². The summed E-state index contributed by atoms with van der Waals surface area (Å²) in [5.74, 6) is 0. The van der Waals surface area contributed by atoms with Crippen LogP contribution in [0.3, 0.4) is 0 Å². The van der Waals surface area contributed by atoms with Gasteiger partial charge in [-0.3, -0.25) is 13.6 Å². The van der Waals surface area contributed by atoms with Crippen molar-refractivity contribution in [2.75, 3.05) is 6.26 Å². The lowest BCUT2D eigenvalue weighted by atomic mass is 9.87. The summed E-state index contributed by atoms with van der Waals surface area (Å²) in [6.45, 7) is 4.25. The SMILES string of the molecule is CS(=O)c1ncc2cc(C#N)c(=O)n(C3CCCC3(C)C)c2n1. The number of hydrogen-bond donors (Lipinski definition) is 0. The van der Waals surface area contributed by atoms with Gasteiger partial charge in [0, 0.05) is 23.9 Å². The van der Waals surface area contributed by atoms with E-state index in [1.807, 2.05) is 6.07 Å². The van der Waals surface area contributed by atoms with Crippen molar-refractivity contribution in [1.29, 1.82) is 5.26 Å². The first-order chi connectivity index (χ1) is 10.8. The van der Waals surface area contributed by atoms with Gasteiger partial charge in [0.1, 0.15) is 17.3 Å². The summed E-state index contributed by atoms with van der Waals surface area (Å²) < 4.78 is 13.3. The Labute approximate surface area is 136 Å². The van der Waals surface area contributed by atoms with Crippen LogP contribution in [0.15, 0.2) is 22.2 Å². The van der Waals surface area contributed by atoms with Crippen molar-refractivity contribution in [3.05, 3.63) is 28.2 Å². The highest BCUT2D eigenvalue weighted by Gasteiger charge is 2.37. The van der Waals surface area contributed by atoms with Crippen molar-refractivity contribution in [3.63, 3.8) is 0 Å². The minimum atomic E-state index is -1.33. The average Bonchev–Trinajstić information content (AvgIpc) is 2.85. The van der Waals surface area contributed by atoms with Gasteiger partial charge in [0.05, 0.1) is 10.8 Å². The van der Waals surface area contributed by atoms with Crippen LogP contribution in [0.1, 0.15) is 44.7 Å². The van der Waals surface area contributed by atoms with Crippen LogP contribution >= 0.6 is 0 Å². The van der Waals surface area contributed by atoms with E-state index in [0.29, 0.717) is 11.0 Å². The van der Waals surface area contributed by atoms with Crippen LogP contribution < -0.4 is 5.56 Å². The van der Waals surface area contributed by atoms with Gasteiger partial charge >= 0.3 is 0 Å². The van der Waals surface area contributed by atoms with Gasteiger partial charge in [-0.1, -0.05) is 20.3 Å². The maximum atomic E-state index is 12.8. The first kappa shape index (κ1) is 15.8. The number of fused-ring (bicyclic) bond motifs is 1. The van der Waals surface area contributed by atoms with E-state index < -0.39 is 10.8 Å². The van der Waals surface area contributed by atoms with Gasteiger partial charge < -0.3 is 0 Å². The highest BCUT2D eigenvalue weighted by molar-refractivity contribution is 7.84. The molecular formula is C16H18N4O2S. The van der Waals surface area contributed by atoms with E-state index in [9.17, 15) is 14.3 Å². The van der Waals surface area contributed by atoms with Crippen molar-refractivity contribution >= 4 is 21.8 Å². The van der Waals surface area contributed by atoms with Crippen molar-refractivity contribution in [2.24, 2.45) is 5.41 Å². The minimum Gasteiger partial charge on any atom is -0.288 e. The third-order valence-electron chi connectivity index (χ3n) is 4.64. The Morgan fingerprint density at radius 2 is 2.22 bits per heavy atom. The summed E-state index contributed by atoms with van der Waals surface area (Å²) in [4.78, 5) is 21.2. The second-order valence-electron chi connectivity index (χ2n) is 6.63. The summed E-state index contributed by atoms with van der Waals surface area (Å²) >= 11 is 0. The maximum absolute atomic E-state index is 12.8. The molecule has 1 aliphatic rings. The van der Waals surface area contributed by atoms with E-state index in [-0.39, 0.29) is 27.7 Å². The van der Waals surface area contributed by atoms with Crippen LogP contribution in [-0.2, 0) is 10.8 Å². The lowest BCUT2D eigenvalue weighted by Gasteiger charge is -2.29. The van der Waals surface area contributed by atoms with E-state index >= 15 is 0 Å². The highest BCUT2D eigenvalue weighted by Crippen LogP contribution is 2.45. The van der Waals surface area contributed by atoms with Crippen LogP contribution in [0, 0.1) is 16.7 Å². The largest absolute Gasteiger partial charge is 0.288 e. The first-order valence-electron chi connectivity index (χ1n) is 7.51. The topological polar surface area (TPSA) is 88.6 Å². The second kappa shape index (κ2) is 5.53. The molecule has 6 nitrogen and oxygen atoms in total. The van der Waals surface area contributed by atoms with Gasteiger partial charge in [-0.15, -0.1) is 0 Å². The molecule has 3 rings (SSSR count). The summed E-state index contributed by atoms with van der Waals surface area (Å²) in [6, 6.07) is 3.45. The van der Waals surface area contributed by atoms with E-state index in [4.69, 9.17) is 0 Å². The molecule has 0 amide bonds. The summed E-state index contributed by atoms with van der Waals surface area (Å²) in [5.41, 5.74) is 0.177. The number of nitrogens with zero attached hydrogens (tertiary/aromatic N) is 4. The van der Waals surface area contributed by atoms with Crippen molar-refractivity contribution in [3.8, 4) is 6.07 Å². The van der Waals surface area contributed by atoms with Gasteiger partial charge in [0.25, 0.3) is 5.56 Å². The molecule has 0 saturated heterocycles. The van der Waals surface area contributed by atoms with E-state index in [1.165, 1.54) is 18.5 Å². The molecule has 2 heterocycles. The second-order valence-corrected chi connectivity index (χ2v) is 7.90. The standard InChI is InChI=1S/C16H18N4O2S/c1-16(2)6-4-5-12(16)20-13-11(7-10(8-17)14(20)21)9-18-15(19-13)23(3)22/h7,9,12H,4-6H2,1-3H3. The van der Waals surface area contributed by atoms with Crippen LogP contribution in [0.5, 0.6) is 0 Å². The molecule has 0 spiro atoms. The molecule has 1 aliphatic carbocycles. The van der Waals surface area contributed by atoms with Gasteiger partial charge in [-0.05, 0) is 24.3 Å². The summed E-state index contributed by atoms with van der Waals surface area (Å²) in [7, 11) is -1.33. The smallest absolute Gasteiger partial charge is 0.270 e. The lowest BCUT2D eigenvalue weighted by molar-refractivity contribution is 0.260. The van der Waals surface area contributed by atoms with Crippen LogP contribution in [0.25, 0.3) is 11.0 Å². The van der Waals surface area contributed by atoms with Gasteiger partial charge in [-0.2, -0.15) is 5.26 Å². The zero-order valence-corrected chi connectivity index (χ0v) is 14.2. The normalized spacial score (nSPS) is 21.2. The Morgan fingerprint density at radius 3 is 2.78 bits per heavy atom. The van der Waals surface area contributed by atoms with Gasteiger partial charge in [-0.25, -0.2) is 9.97 Å². The van der Waals surface area contributed by atoms with Crippen LogP contribution in [0.2, 0.25) is 0 Å². The summed E-state index contributed by atoms with van der Waals surface area (Å²) in [5, 5.41) is 10.1. The van der Waals surface area contributed by atoms with Crippen molar-refractivity contribution < 1.29 is 4.21 Å². The molecule has 2 unspecified atom stereocenters. The molecule has 0 N–H and O–H groups in total. The third kappa shape index (κ3) is 2.57. The average molecular weight is 330 g/mol. The van der Waals surface area contributed by atoms with Gasteiger partial charge in [0.15, 0.2) is 0 Å². The van der Waals surface area contributed by atoms with Gasteiger partial charge in [0.2, 0.25) is 5.16 Å². The van der Waals surface area contributed by atoms with E-state index in [1.54, 1.807) is 4.57 Å². The predicted molar refractivity (Wildman–Crippen MR) is 87.5 cm³/mol. The number of aromatic nitrogens is 3. The Balaban J connectivity index is 2.39. The Kier molecular flexibility index (Phi) is 3.80. The molecule has 7 heteroatoms. The Morgan fingerprint density at radius 1 is 1.48 bits per heavy atom. The molecule has 0 aliphatic heterocycles. The first-order valence-corrected chi connectivity index (χ1v) is 9.07. The fraction of sp³-hybridized carbons (Fsp3) is 0.500. The number of rotatable bonds is 2. The number of nitriles is 1.